The number of nitrogens with zero attached hydrogens (tertiary/aromatic N) is 1. The number of cyclic esters (lactones) is 1. The summed E-state index contributed by atoms with van der Waals surface area (Å²) >= 11 is 0. The molecule has 1 N–H and O–H groups in total. The molecule has 0 fully saturated rings. The van der Waals surface area contributed by atoms with Crippen molar-refractivity contribution < 1.29 is 27.0 Å². The molecule has 1 aliphatic rings. The van der Waals surface area contributed by atoms with Crippen molar-refractivity contribution in [3.05, 3.63) is 65.2 Å². The zero-order valence-electron chi connectivity index (χ0n) is 16.8. The standard InChI is InChI=1S/C14H20NO2.C7H8O3S/c1-4-15(5-2,6-3)13-11-9-7-8-10-12(11)14(16)17-13;1-6-2-4-7(5-3-6)11(8,9)10/h7-10,13H,4-6H2,1-3H3;2-5H,1H3,(H,8,9,10)/q+1;. The van der Waals surface area contributed by atoms with Crippen molar-refractivity contribution in [2.24, 2.45) is 0 Å². The lowest BCUT2D eigenvalue weighted by Gasteiger charge is -2.39. The second kappa shape index (κ2) is 8.86. The summed E-state index contributed by atoms with van der Waals surface area (Å²) in [4.78, 5) is 11.8. The van der Waals surface area contributed by atoms with Crippen molar-refractivity contribution in [3.8, 4) is 0 Å². The Balaban J connectivity index is 0.000000221. The van der Waals surface area contributed by atoms with Gasteiger partial charge in [0, 0.05) is 0 Å². The lowest BCUT2D eigenvalue weighted by Crippen LogP contribution is -2.50. The van der Waals surface area contributed by atoms with E-state index in [9.17, 15) is 13.2 Å². The molecule has 28 heavy (non-hydrogen) atoms. The molecule has 0 saturated heterocycles. The molecule has 0 aromatic heterocycles. The number of hydrogen-bond acceptors (Lipinski definition) is 4. The number of hydrogen-bond donors (Lipinski definition) is 1. The van der Waals surface area contributed by atoms with Crippen molar-refractivity contribution in [3.63, 3.8) is 0 Å². The number of aryl methyl sites for hydroxylation is 1. The maximum absolute atomic E-state index is 11.8. The minimum atomic E-state index is -4.02. The molecule has 0 aliphatic carbocycles. The van der Waals surface area contributed by atoms with Gasteiger partial charge in [-0.15, -0.1) is 0 Å². The van der Waals surface area contributed by atoms with Crippen molar-refractivity contribution in [2.75, 3.05) is 19.6 Å². The molecule has 0 spiro atoms. The van der Waals surface area contributed by atoms with Gasteiger partial charge in [-0.1, -0.05) is 29.8 Å². The molecule has 2 aromatic rings. The molecule has 1 aliphatic heterocycles. The number of rotatable bonds is 5. The Bertz CT molecular complexity index is 910. The predicted octanol–water partition coefficient (Wildman–Crippen LogP) is 3.97. The van der Waals surface area contributed by atoms with Crippen LogP contribution in [0.5, 0.6) is 0 Å². The molecule has 7 heteroatoms. The van der Waals surface area contributed by atoms with E-state index in [0.717, 1.165) is 40.8 Å². The molecule has 1 heterocycles. The van der Waals surface area contributed by atoms with Gasteiger partial charge in [0.05, 0.1) is 35.7 Å². The van der Waals surface area contributed by atoms with Crippen LogP contribution in [0.15, 0.2) is 53.4 Å². The van der Waals surface area contributed by atoms with Gasteiger partial charge in [-0.3, -0.25) is 9.04 Å². The number of fused-ring (bicyclic) bond motifs is 1. The summed E-state index contributed by atoms with van der Waals surface area (Å²) < 4.78 is 36.0. The van der Waals surface area contributed by atoms with Gasteiger partial charge in [0.1, 0.15) is 0 Å². The second-order valence-corrected chi connectivity index (χ2v) is 8.22. The van der Waals surface area contributed by atoms with E-state index in [4.69, 9.17) is 9.29 Å². The largest absolute Gasteiger partial charge is 0.404 e. The maximum Gasteiger partial charge on any atom is 0.343 e. The van der Waals surface area contributed by atoms with Gasteiger partial charge in [0.2, 0.25) is 0 Å². The van der Waals surface area contributed by atoms with Crippen LogP contribution in [0.2, 0.25) is 0 Å². The highest BCUT2D eigenvalue weighted by molar-refractivity contribution is 7.85. The smallest absolute Gasteiger partial charge is 0.343 e. The monoisotopic (exact) mass is 406 g/mol. The van der Waals surface area contributed by atoms with Crippen LogP contribution in [0, 0.1) is 6.92 Å². The highest BCUT2D eigenvalue weighted by Crippen LogP contribution is 2.37. The average molecular weight is 407 g/mol. The molecule has 152 valence electrons. The number of ether oxygens (including phenoxy) is 1. The lowest BCUT2D eigenvalue weighted by atomic mass is 10.1. The first-order chi connectivity index (χ1) is 13.2. The fourth-order valence-corrected chi connectivity index (χ4v) is 3.89. The molecule has 0 radical (unpaired) electrons. The van der Waals surface area contributed by atoms with Crippen LogP contribution in [-0.2, 0) is 14.9 Å². The third-order valence-electron chi connectivity index (χ3n) is 5.37. The van der Waals surface area contributed by atoms with Gasteiger partial charge >= 0.3 is 5.97 Å². The molecular weight excluding hydrogens is 378 g/mol. The Kier molecular flexibility index (Phi) is 6.98. The van der Waals surface area contributed by atoms with E-state index in [1.807, 2.05) is 31.2 Å². The van der Waals surface area contributed by atoms with E-state index in [2.05, 4.69) is 20.8 Å². The van der Waals surface area contributed by atoms with E-state index in [1.165, 1.54) is 12.1 Å². The summed E-state index contributed by atoms with van der Waals surface area (Å²) in [7, 11) is -4.02. The quantitative estimate of drug-likeness (QED) is 0.462. The van der Waals surface area contributed by atoms with E-state index < -0.39 is 10.1 Å². The van der Waals surface area contributed by atoms with Gasteiger partial charge in [-0.25, -0.2) is 4.79 Å². The summed E-state index contributed by atoms with van der Waals surface area (Å²) in [6.45, 7) is 11.2. The lowest BCUT2D eigenvalue weighted by molar-refractivity contribution is -0.970. The number of quaternary nitrogens is 1. The average Bonchev–Trinajstić information content (AvgIpc) is 3.02. The second-order valence-electron chi connectivity index (χ2n) is 6.80. The van der Waals surface area contributed by atoms with Crippen molar-refractivity contribution in [2.45, 2.75) is 38.8 Å². The number of carbonyl (C=O) groups excluding carboxylic acids is 1. The third kappa shape index (κ3) is 4.60. The van der Waals surface area contributed by atoms with Crippen LogP contribution in [0.3, 0.4) is 0 Å². The molecule has 0 amide bonds. The predicted molar refractivity (Wildman–Crippen MR) is 107 cm³/mol. The van der Waals surface area contributed by atoms with Crippen LogP contribution in [0.25, 0.3) is 0 Å². The highest BCUT2D eigenvalue weighted by Gasteiger charge is 2.43. The van der Waals surface area contributed by atoms with Crippen molar-refractivity contribution in [1.82, 2.24) is 0 Å². The zero-order valence-corrected chi connectivity index (χ0v) is 17.6. The normalized spacial score (nSPS) is 16.0. The Morgan fingerprint density at radius 2 is 1.50 bits per heavy atom. The topological polar surface area (TPSA) is 80.7 Å². The van der Waals surface area contributed by atoms with Gasteiger partial charge in [0.25, 0.3) is 16.3 Å². The Morgan fingerprint density at radius 1 is 0.964 bits per heavy atom. The third-order valence-corrected chi connectivity index (χ3v) is 6.24. The number of esters is 1. The Morgan fingerprint density at radius 3 is 2.00 bits per heavy atom. The van der Waals surface area contributed by atoms with Gasteiger partial charge < -0.3 is 4.74 Å². The minimum absolute atomic E-state index is 0.0666. The highest BCUT2D eigenvalue weighted by atomic mass is 32.2. The van der Waals surface area contributed by atoms with E-state index in [-0.39, 0.29) is 17.1 Å². The Labute approximate surface area is 167 Å². The molecule has 3 rings (SSSR count). The van der Waals surface area contributed by atoms with Crippen LogP contribution in [0.1, 0.15) is 48.5 Å². The van der Waals surface area contributed by atoms with Gasteiger partial charge in [-0.2, -0.15) is 8.42 Å². The summed E-state index contributed by atoms with van der Waals surface area (Å²) in [6, 6.07) is 13.7. The molecular formula is C21H28NO5S+. The summed E-state index contributed by atoms with van der Waals surface area (Å²) in [5.74, 6) is -0.177. The summed E-state index contributed by atoms with van der Waals surface area (Å²) in [6.07, 6.45) is -0.126. The maximum atomic E-state index is 11.8. The van der Waals surface area contributed by atoms with Gasteiger partial charge in [-0.05, 0) is 52.0 Å². The molecule has 1 atom stereocenters. The van der Waals surface area contributed by atoms with Crippen molar-refractivity contribution >= 4 is 16.1 Å². The fourth-order valence-electron chi connectivity index (χ4n) is 3.41. The molecule has 0 saturated carbocycles. The summed E-state index contributed by atoms with van der Waals surface area (Å²) in [5, 5.41) is 0. The van der Waals surface area contributed by atoms with E-state index >= 15 is 0 Å². The fraction of sp³-hybridized carbons (Fsp3) is 0.381. The first-order valence-electron chi connectivity index (χ1n) is 9.38. The van der Waals surface area contributed by atoms with Crippen LogP contribution < -0.4 is 0 Å². The first kappa shape index (κ1) is 22.1. The number of benzene rings is 2. The van der Waals surface area contributed by atoms with Crippen molar-refractivity contribution in [1.29, 1.82) is 0 Å². The van der Waals surface area contributed by atoms with E-state index in [0.29, 0.717) is 0 Å². The van der Waals surface area contributed by atoms with Gasteiger partial charge in [0.15, 0.2) is 0 Å². The molecule has 1 unspecified atom stereocenters. The van der Waals surface area contributed by atoms with Crippen LogP contribution in [-0.4, -0.2) is 43.1 Å². The number of carbonyl (C=O) groups is 1. The Hall–Kier alpha value is -2.22. The first-order valence-corrected chi connectivity index (χ1v) is 10.8. The van der Waals surface area contributed by atoms with Crippen LogP contribution >= 0.6 is 0 Å². The van der Waals surface area contributed by atoms with Crippen LogP contribution in [0.4, 0.5) is 0 Å². The SMILES string of the molecule is CC[N+](CC)(CC)C1OC(=O)c2ccccc21.Cc1ccc(S(=O)(=O)O)cc1. The summed E-state index contributed by atoms with van der Waals surface area (Å²) in [5.41, 5.74) is 2.73. The minimum Gasteiger partial charge on any atom is -0.404 e. The zero-order chi connectivity index (χ0) is 20.9. The van der Waals surface area contributed by atoms with E-state index in [1.54, 1.807) is 12.1 Å². The molecule has 0 bridgehead atoms. The molecule has 2 aromatic carbocycles. The molecule has 6 nitrogen and oxygen atoms in total.